The van der Waals surface area contributed by atoms with Gasteiger partial charge in [-0.2, -0.15) is 0 Å². The van der Waals surface area contributed by atoms with Crippen LogP contribution in [0.25, 0.3) is 27.8 Å². The SMILES string of the molecule is CCC(C)C1NC(=O)c2ccccc2/C1=C/C(=O)Nc1ccccc1-c1ccccc1NC(=O)C(C(C)CC)N(CC1c2ccccc2-c2ccccc21)C(=O)O. The lowest BCUT2D eigenvalue weighted by Gasteiger charge is -2.34. The van der Waals surface area contributed by atoms with Crippen LogP contribution in [-0.4, -0.2) is 52.4 Å². The molecule has 57 heavy (non-hydrogen) atoms. The van der Waals surface area contributed by atoms with Crippen molar-refractivity contribution in [3.63, 3.8) is 0 Å². The van der Waals surface area contributed by atoms with Gasteiger partial charge in [0.15, 0.2) is 0 Å². The number of hydrogen-bond donors (Lipinski definition) is 4. The molecule has 4 atom stereocenters. The molecule has 7 rings (SSSR count). The van der Waals surface area contributed by atoms with E-state index in [1.807, 2.05) is 105 Å². The van der Waals surface area contributed by atoms with Crippen LogP contribution in [0.5, 0.6) is 0 Å². The summed E-state index contributed by atoms with van der Waals surface area (Å²) in [5.41, 5.74) is 8.58. The first-order valence-electron chi connectivity index (χ1n) is 19.7. The van der Waals surface area contributed by atoms with E-state index in [-0.39, 0.29) is 42.2 Å². The Morgan fingerprint density at radius 3 is 1.72 bits per heavy atom. The zero-order valence-electron chi connectivity index (χ0n) is 32.7. The van der Waals surface area contributed by atoms with Crippen molar-refractivity contribution in [2.45, 2.75) is 58.5 Å². The van der Waals surface area contributed by atoms with Gasteiger partial charge in [-0.25, -0.2) is 4.79 Å². The van der Waals surface area contributed by atoms with Crippen LogP contribution in [0, 0.1) is 11.8 Å². The van der Waals surface area contributed by atoms with Crippen LogP contribution in [0.3, 0.4) is 0 Å². The second-order valence-corrected chi connectivity index (χ2v) is 15.0. The standard InChI is InChI=1S/C48H48N4O5/c1-5-29(3)44-39(35-21-11-12-24-38(35)46(54)51-44)27-43(53)49-41-25-15-13-22-36(41)37-23-14-16-26-42(37)50-47(55)45(30(4)6-2)52(48(56)57)28-40-33-19-9-7-17-31(33)32-18-8-10-20-34(32)40/h7-27,29-30,40,44-45H,5-6,28H2,1-4H3,(H,49,53)(H,50,55)(H,51,54)(H,56,57)/b39-27-. The first kappa shape index (κ1) is 38.8. The monoisotopic (exact) mass is 760 g/mol. The van der Waals surface area contributed by atoms with E-state index in [9.17, 15) is 24.3 Å². The number of benzene rings is 5. The zero-order valence-corrected chi connectivity index (χ0v) is 32.7. The maximum Gasteiger partial charge on any atom is 0.408 e. The number of carboxylic acid groups (broad SMARTS) is 1. The van der Waals surface area contributed by atoms with E-state index < -0.39 is 18.0 Å². The molecule has 0 radical (unpaired) electrons. The maximum atomic E-state index is 14.5. The van der Waals surface area contributed by atoms with Gasteiger partial charge in [0.1, 0.15) is 6.04 Å². The Labute approximate surface area is 333 Å². The number of carbonyl (C=O) groups excluding carboxylic acids is 3. The van der Waals surface area contributed by atoms with E-state index in [0.29, 0.717) is 34.5 Å². The van der Waals surface area contributed by atoms with Gasteiger partial charge in [-0.3, -0.25) is 19.3 Å². The summed E-state index contributed by atoms with van der Waals surface area (Å²) in [6.45, 7) is 8.09. The zero-order chi connectivity index (χ0) is 40.2. The number of hydrogen-bond acceptors (Lipinski definition) is 4. The first-order chi connectivity index (χ1) is 27.6. The summed E-state index contributed by atoms with van der Waals surface area (Å²) in [6.07, 6.45) is 1.79. The number of anilines is 2. The molecule has 1 aliphatic heterocycles. The van der Waals surface area contributed by atoms with E-state index in [4.69, 9.17) is 0 Å². The van der Waals surface area contributed by atoms with Crippen molar-refractivity contribution >= 4 is 40.8 Å². The number of nitrogens with zero attached hydrogens (tertiary/aromatic N) is 1. The Morgan fingerprint density at radius 1 is 0.684 bits per heavy atom. The van der Waals surface area contributed by atoms with Crippen molar-refractivity contribution in [1.82, 2.24) is 10.2 Å². The van der Waals surface area contributed by atoms with Gasteiger partial charge in [0, 0.05) is 46.6 Å². The molecule has 0 bridgehead atoms. The molecule has 9 heteroatoms. The fourth-order valence-electron chi connectivity index (χ4n) is 8.31. The van der Waals surface area contributed by atoms with Gasteiger partial charge in [-0.15, -0.1) is 0 Å². The number of carbonyl (C=O) groups is 4. The Hall–Kier alpha value is -6.48. The minimum atomic E-state index is -1.16. The molecule has 4 amide bonds. The molecule has 0 spiro atoms. The number of amides is 4. The first-order valence-corrected chi connectivity index (χ1v) is 19.7. The molecule has 0 saturated heterocycles. The molecule has 5 aromatic rings. The van der Waals surface area contributed by atoms with E-state index in [2.05, 4.69) is 41.9 Å². The van der Waals surface area contributed by atoms with Gasteiger partial charge in [-0.1, -0.05) is 144 Å². The third kappa shape index (κ3) is 7.70. The molecule has 4 N–H and O–H groups in total. The highest BCUT2D eigenvalue weighted by molar-refractivity contribution is 6.11. The highest BCUT2D eigenvalue weighted by Crippen LogP contribution is 2.45. The molecule has 4 unspecified atom stereocenters. The number of fused-ring (bicyclic) bond motifs is 4. The number of rotatable bonds is 12. The van der Waals surface area contributed by atoms with Crippen LogP contribution in [0.4, 0.5) is 16.2 Å². The van der Waals surface area contributed by atoms with Crippen molar-refractivity contribution in [3.05, 3.63) is 150 Å². The normalized spacial score (nSPS) is 16.7. The fraction of sp³-hybridized carbons (Fsp3) is 0.250. The summed E-state index contributed by atoms with van der Waals surface area (Å²) < 4.78 is 0. The predicted molar refractivity (Wildman–Crippen MR) is 226 cm³/mol. The summed E-state index contributed by atoms with van der Waals surface area (Å²) in [6, 6.07) is 36.8. The smallest absolute Gasteiger partial charge is 0.408 e. The summed E-state index contributed by atoms with van der Waals surface area (Å²) in [7, 11) is 0. The highest BCUT2D eigenvalue weighted by atomic mass is 16.4. The molecule has 290 valence electrons. The fourth-order valence-corrected chi connectivity index (χ4v) is 8.31. The van der Waals surface area contributed by atoms with Crippen molar-refractivity contribution in [2.24, 2.45) is 11.8 Å². The second-order valence-electron chi connectivity index (χ2n) is 15.0. The van der Waals surface area contributed by atoms with Crippen molar-refractivity contribution < 1.29 is 24.3 Å². The van der Waals surface area contributed by atoms with Crippen LogP contribution in [0.1, 0.15) is 73.5 Å². The Morgan fingerprint density at radius 2 is 1.18 bits per heavy atom. The van der Waals surface area contributed by atoms with E-state index >= 15 is 0 Å². The van der Waals surface area contributed by atoms with Crippen LogP contribution in [-0.2, 0) is 9.59 Å². The van der Waals surface area contributed by atoms with Gasteiger partial charge in [0.2, 0.25) is 11.8 Å². The third-order valence-electron chi connectivity index (χ3n) is 11.6. The van der Waals surface area contributed by atoms with Crippen LogP contribution < -0.4 is 16.0 Å². The van der Waals surface area contributed by atoms with Gasteiger partial charge in [0.25, 0.3) is 5.91 Å². The summed E-state index contributed by atoms with van der Waals surface area (Å²) in [5.74, 6) is -1.39. The van der Waals surface area contributed by atoms with Gasteiger partial charge < -0.3 is 21.1 Å². The van der Waals surface area contributed by atoms with Crippen LogP contribution in [0.2, 0.25) is 0 Å². The molecular weight excluding hydrogens is 713 g/mol. The molecule has 0 aromatic heterocycles. The van der Waals surface area contributed by atoms with Gasteiger partial charge in [-0.05, 0) is 63.4 Å². The number of para-hydroxylation sites is 2. The largest absolute Gasteiger partial charge is 0.465 e. The molecule has 0 fully saturated rings. The summed E-state index contributed by atoms with van der Waals surface area (Å²) in [5, 5.41) is 20.0. The molecule has 5 aromatic carbocycles. The predicted octanol–water partition coefficient (Wildman–Crippen LogP) is 9.68. The van der Waals surface area contributed by atoms with E-state index in [0.717, 1.165) is 39.8 Å². The molecular formula is C48H48N4O5. The topological polar surface area (TPSA) is 128 Å². The average molecular weight is 761 g/mol. The molecule has 1 heterocycles. The third-order valence-corrected chi connectivity index (χ3v) is 11.6. The molecule has 9 nitrogen and oxygen atoms in total. The summed E-state index contributed by atoms with van der Waals surface area (Å²) >= 11 is 0. The Kier molecular flexibility index (Phi) is 11.4. The Bertz CT molecular complexity index is 2320. The van der Waals surface area contributed by atoms with Gasteiger partial charge >= 0.3 is 6.09 Å². The molecule has 1 aliphatic carbocycles. The second kappa shape index (κ2) is 16.7. The van der Waals surface area contributed by atoms with Crippen LogP contribution >= 0.6 is 0 Å². The van der Waals surface area contributed by atoms with Crippen LogP contribution in [0.15, 0.2) is 127 Å². The minimum Gasteiger partial charge on any atom is -0.465 e. The Balaban J connectivity index is 1.18. The lowest BCUT2D eigenvalue weighted by atomic mass is 9.82. The minimum absolute atomic E-state index is 0.0882. The van der Waals surface area contributed by atoms with E-state index in [1.54, 1.807) is 24.3 Å². The van der Waals surface area contributed by atoms with Crippen molar-refractivity contribution in [3.8, 4) is 22.3 Å². The number of nitrogens with one attached hydrogen (secondary N) is 3. The molecule has 2 aliphatic rings. The van der Waals surface area contributed by atoms with Crippen molar-refractivity contribution in [1.29, 1.82) is 0 Å². The summed E-state index contributed by atoms with van der Waals surface area (Å²) in [4.78, 5) is 55.8. The average Bonchev–Trinajstić information content (AvgIpc) is 3.54. The lowest BCUT2D eigenvalue weighted by Crippen LogP contribution is -2.51. The highest BCUT2D eigenvalue weighted by Gasteiger charge is 2.39. The van der Waals surface area contributed by atoms with Gasteiger partial charge in [0.05, 0.1) is 6.04 Å². The lowest BCUT2D eigenvalue weighted by molar-refractivity contribution is -0.122. The molecule has 0 saturated carbocycles. The quantitative estimate of drug-likeness (QED) is 0.0942. The van der Waals surface area contributed by atoms with E-state index in [1.165, 1.54) is 4.90 Å². The van der Waals surface area contributed by atoms with Crippen molar-refractivity contribution in [2.75, 3.05) is 17.2 Å². The maximum absolute atomic E-state index is 14.5.